The number of carbonyl (C=O) groups is 2. The number of aryl methyl sites for hydroxylation is 1. The average molecular weight is 451 g/mol. The standard InChI is InChI=1S/C26H30N2O3S/c1-17(2)16-28-24(22-11-7-15-32-22)23(20-9-4-5-10-21(20)26(28)30)25(29)27-18(3)12-13-19-8-6-14-31-19/h4-11,14-15,17-18,23-24H,12-13,16H2,1-3H3,(H,27,29)/t18-,23+,24+/m1/s1. The van der Waals surface area contributed by atoms with Crippen LogP contribution < -0.4 is 5.32 Å². The minimum atomic E-state index is -0.452. The molecule has 0 fully saturated rings. The first-order chi connectivity index (χ1) is 15.5. The zero-order chi connectivity index (χ0) is 22.7. The molecule has 5 nitrogen and oxygen atoms in total. The first-order valence-corrected chi connectivity index (χ1v) is 12.1. The maximum atomic E-state index is 13.7. The van der Waals surface area contributed by atoms with Crippen LogP contribution in [0.5, 0.6) is 0 Å². The van der Waals surface area contributed by atoms with Crippen molar-refractivity contribution in [1.82, 2.24) is 10.2 Å². The van der Waals surface area contributed by atoms with Crippen molar-refractivity contribution >= 4 is 23.2 Å². The van der Waals surface area contributed by atoms with Gasteiger partial charge >= 0.3 is 0 Å². The summed E-state index contributed by atoms with van der Waals surface area (Å²) in [6.45, 7) is 6.83. The largest absolute Gasteiger partial charge is 0.469 e. The molecule has 32 heavy (non-hydrogen) atoms. The van der Waals surface area contributed by atoms with Gasteiger partial charge in [-0.25, -0.2) is 0 Å². The summed E-state index contributed by atoms with van der Waals surface area (Å²) in [6.07, 6.45) is 3.22. The molecule has 0 aliphatic carbocycles. The van der Waals surface area contributed by atoms with Gasteiger partial charge in [0.2, 0.25) is 5.91 Å². The van der Waals surface area contributed by atoms with Crippen molar-refractivity contribution in [3.05, 3.63) is 81.9 Å². The molecule has 0 radical (unpaired) electrons. The Morgan fingerprint density at radius 1 is 1.12 bits per heavy atom. The quantitative estimate of drug-likeness (QED) is 0.499. The topological polar surface area (TPSA) is 62.6 Å². The second-order valence-corrected chi connectivity index (χ2v) is 9.88. The molecular weight excluding hydrogens is 420 g/mol. The summed E-state index contributed by atoms with van der Waals surface area (Å²) in [4.78, 5) is 30.1. The van der Waals surface area contributed by atoms with Crippen molar-refractivity contribution in [3.63, 3.8) is 0 Å². The lowest BCUT2D eigenvalue weighted by Gasteiger charge is -2.42. The summed E-state index contributed by atoms with van der Waals surface area (Å²) in [7, 11) is 0. The molecule has 1 aliphatic rings. The first-order valence-electron chi connectivity index (χ1n) is 11.2. The monoisotopic (exact) mass is 450 g/mol. The summed E-state index contributed by atoms with van der Waals surface area (Å²) in [5.41, 5.74) is 1.44. The van der Waals surface area contributed by atoms with Crippen LogP contribution in [-0.2, 0) is 11.2 Å². The molecule has 3 atom stereocenters. The fourth-order valence-electron chi connectivity index (χ4n) is 4.46. The molecular formula is C26H30N2O3S. The first kappa shape index (κ1) is 22.3. The van der Waals surface area contributed by atoms with E-state index < -0.39 is 5.92 Å². The van der Waals surface area contributed by atoms with Gasteiger partial charge < -0.3 is 14.6 Å². The van der Waals surface area contributed by atoms with Crippen LogP contribution in [0, 0.1) is 5.92 Å². The molecule has 3 aromatic rings. The van der Waals surface area contributed by atoms with Crippen LogP contribution in [-0.4, -0.2) is 29.3 Å². The Hall–Kier alpha value is -2.86. The number of carbonyl (C=O) groups excluding carboxylic acids is 2. The number of amides is 2. The zero-order valence-electron chi connectivity index (χ0n) is 18.8. The molecule has 3 heterocycles. The van der Waals surface area contributed by atoms with Crippen LogP contribution in [0.25, 0.3) is 0 Å². The highest BCUT2D eigenvalue weighted by Crippen LogP contribution is 2.44. The van der Waals surface area contributed by atoms with E-state index in [4.69, 9.17) is 4.42 Å². The third kappa shape index (κ3) is 4.65. The summed E-state index contributed by atoms with van der Waals surface area (Å²) in [5.74, 6) is 0.723. The van der Waals surface area contributed by atoms with E-state index in [0.29, 0.717) is 18.0 Å². The highest BCUT2D eigenvalue weighted by atomic mass is 32.1. The van der Waals surface area contributed by atoms with Crippen LogP contribution in [0.15, 0.2) is 64.6 Å². The molecule has 1 aliphatic heterocycles. The third-order valence-corrected chi connectivity index (χ3v) is 6.85. The maximum Gasteiger partial charge on any atom is 0.254 e. The van der Waals surface area contributed by atoms with Crippen molar-refractivity contribution in [2.45, 2.75) is 51.6 Å². The molecule has 0 unspecified atom stereocenters. The van der Waals surface area contributed by atoms with Gasteiger partial charge in [0.15, 0.2) is 0 Å². The molecule has 0 bridgehead atoms. The predicted molar refractivity (Wildman–Crippen MR) is 127 cm³/mol. The second kappa shape index (κ2) is 9.74. The maximum absolute atomic E-state index is 13.7. The third-order valence-electron chi connectivity index (χ3n) is 5.91. The Bertz CT molecular complexity index is 1040. The van der Waals surface area contributed by atoms with Crippen molar-refractivity contribution in [2.75, 3.05) is 6.54 Å². The molecule has 168 valence electrons. The predicted octanol–water partition coefficient (Wildman–Crippen LogP) is 5.42. The molecule has 4 rings (SSSR count). The number of rotatable bonds is 8. The van der Waals surface area contributed by atoms with Crippen LogP contribution >= 0.6 is 11.3 Å². The molecule has 1 aromatic carbocycles. The van der Waals surface area contributed by atoms with Crippen LogP contribution in [0.4, 0.5) is 0 Å². The number of furan rings is 1. The molecule has 1 N–H and O–H groups in total. The van der Waals surface area contributed by atoms with Crippen LogP contribution in [0.3, 0.4) is 0 Å². The molecule has 2 amide bonds. The van der Waals surface area contributed by atoms with Gasteiger partial charge in [0.1, 0.15) is 5.76 Å². The van der Waals surface area contributed by atoms with E-state index in [0.717, 1.165) is 29.0 Å². The Kier molecular flexibility index (Phi) is 6.80. The van der Waals surface area contributed by atoms with E-state index in [1.807, 2.05) is 65.7 Å². The second-order valence-electron chi connectivity index (χ2n) is 8.90. The SMILES string of the molecule is CC(C)CN1C(=O)c2ccccc2[C@H](C(=O)N[C@H](C)CCc2ccco2)[C@@H]1c1cccs1. The fraction of sp³-hybridized carbons (Fsp3) is 0.385. The van der Waals surface area contributed by atoms with Crippen LogP contribution in [0.1, 0.15) is 65.7 Å². The van der Waals surface area contributed by atoms with Gasteiger partial charge in [-0.1, -0.05) is 38.1 Å². The highest BCUT2D eigenvalue weighted by molar-refractivity contribution is 7.10. The lowest BCUT2D eigenvalue weighted by Crippen LogP contribution is -2.49. The normalized spacial score (nSPS) is 19.1. The van der Waals surface area contributed by atoms with Gasteiger partial charge in [-0.15, -0.1) is 11.3 Å². The lowest BCUT2D eigenvalue weighted by atomic mass is 9.81. The van der Waals surface area contributed by atoms with Crippen LogP contribution in [0.2, 0.25) is 0 Å². The van der Waals surface area contributed by atoms with Crippen molar-refractivity contribution in [1.29, 1.82) is 0 Å². The van der Waals surface area contributed by atoms with E-state index in [1.54, 1.807) is 17.6 Å². The summed E-state index contributed by atoms with van der Waals surface area (Å²) in [5, 5.41) is 5.23. The Morgan fingerprint density at radius 2 is 1.94 bits per heavy atom. The van der Waals surface area contributed by atoms with E-state index in [1.165, 1.54) is 0 Å². The molecule has 0 saturated carbocycles. The lowest BCUT2D eigenvalue weighted by molar-refractivity contribution is -0.124. The number of hydrogen-bond acceptors (Lipinski definition) is 4. The van der Waals surface area contributed by atoms with Gasteiger partial charge in [-0.05, 0) is 54.5 Å². The van der Waals surface area contributed by atoms with Crippen molar-refractivity contribution in [3.8, 4) is 0 Å². The Morgan fingerprint density at radius 3 is 2.62 bits per heavy atom. The number of nitrogens with zero attached hydrogens (tertiary/aromatic N) is 1. The van der Waals surface area contributed by atoms with E-state index in [-0.39, 0.29) is 23.9 Å². The van der Waals surface area contributed by atoms with E-state index in [2.05, 4.69) is 19.2 Å². The Labute approximate surface area is 193 Å². The van der Waals surface area contributed by atoms with Crippen molar-refractivity contribution in [2.24, 2.45) is 5.92 Å². The molecule has 2 aromatic heterocycles. The highest BCUT2D eigenvalue weighted by Gasteiger charge is 2.44. The van der Waals surface area contributed by atoms with E-state index in [9.17, 15) is 9.59 Å². The van der Waals surface area contributed by atoms with E-state index >= 15 is 0 Å². The number of nitrogens with one attached hydrogen (secondary N) is 1. The molecule has 6 heteroatoms. The molecule has 0 spiro atoms. The smallest absolute Gasteiger partial charge is 0.254 e. The van der Waals surface area contributed by atoms with Gasteiger partial charge in [0.25, 0.3) is 5.91 Å². The summed E-state index contributed by atoms with van der Waals surface area (Å²) >= 11 is 1.60. The van der Waals surface area contributed by atoms with Gasteiger partial charge in [-0.2, -0.15) is 0 Å². The minimum absolute atomic E-state index is 0.00242. The number of benzene rings is 1. The average Bonchev–Trinajstić information content (AvgIpc) is 3.48. The number of fused-ring (bicyclic) bond motifs is 1. The minimum Gasteiger partial charge on any atom is -0.469 e. The van der Waals surface area contributed by atoms with Crippen molar-refractivity contribution < 1.29 is 14.0 Å². The summed E-state index contributed by atoms with van der Waals surface area (Å²) < 4.78 is 5.43. The Balaban J connectivity index is 1.65. The molecule has 0 saturated heterocycles. The number of hydrogen-bond donors (Lipinski definition) is 1. The van der Waals surface area contributed by atoms with Gasteiger partial charge in [-0.3, -0.25) is 9.59 Å². The number of thiophene rings is 1. The van der Waals surface area contributed by atoms with Gasteiger partial charge in [0, 0.05) is 29.4 Å². The zero-order valence-corrected chi connectivity index (χ0v) is 19.6. The van der Waals surface area contributed by atoms with Gasteiger partial charge in [0.05, 0.1) is 18.2 Å². The fourth-order valence-corrected chi connectivity index (χ4v) is 5.34. The summed E-state index contributed by atoms with van der Waals surface area (Å²) in [6, 6.07) is 15.1.